The largest absolute Gasteiger partial charge is 0.484 e. The molecular weight excluding hydrogens is 400 g/mol. The standard InChI is InChI=1S/C24H21ClN2O3/c1-3-16-5-8-18(9-6-16)29-14-23(28)26-17-7-10-20(25)19(13-17)24-27-21-11-4-15(2)12-22(21)30-24/h4-13H,3,14H2,1-2H3,(H,26,28). The first-order valence-corrected chi connectivity index (χ1v) is 10.1. The molecule has 4 aromatic rings. The first kappa shape index (κ1) is 20.0. The van der Waals surface area contributed by atoms with Crippen LogP contribution in [-0.4, -0.2) is 17.5 Å². The maximum Gasteiger partial charge on any atom is 0.262 e. The Morgan fingerprint density at radius 1 is 1.10 bits per heavy atom. The van der Waals surface area contributed by atoms with Crippen LogP contribution < -0.4 is 10.1 Å². The topological polar surface area (TPSA) is 64.4 Å². The number of hydrogen-bond acceptors (Lipinski definition) is 4. The monoisotopic (exact) mass is 420 g/mol. The van der Waals surface area contributed by atoms with E-state index in [1.807, 2.05) is 49.4 Å². The molecule has 1 heterocycles. The van der Waals surface area contributed by atoms with Crippen LogP contribution in [0.25, 0.3) is 22.6 Å². The van der Waals surface area contributed by atoms with E-state index in [0.717, 1.165) is 17.5 Å². The Morgan fingerprint density at radius 3 is 2.67 bits per heavy atom. The van der Waals surface area contributed by atoms with E-state index in [0.29, 0.717) is 33.5 Å². The van der Waals surface area contributed by atoms with Gasteiger partial charge in [-0.15, -0.1) is 0 Å². The molecule has 152 valence electrons. The van der Waals surface area contributed by atoms with Gasteiger partial charge in [0.25, 0.3) is 5.91 Å². The normalized spacial score (nSPS) is 10.9. The van der Waals surface area contributed by atoms with Crippen molar-refractivity contribution in [3.05, 3.63) is 76.8 Å². The lowest BCUT2D eigenvalue weighted by Crippen LogP contribution is -2.20. The van der Waals surface area contributed by atoms with Gasteiger partial charge < -0.3 is 14.5 Å². The highest BCUT2D eigenvalue weighted by Gasteiger charge is 2.14. The molecule has 0 saturated carbocycles. The third-order valence-corrected chi connectivity index (χ3v) is 5.06. The summed E-state index contributed by atoms with van der Waals surface area (Å²) >= 11 is 6.35. The molecule has 1 aromatic heterocycles. The molecule has 1 N–H and O–H groups in total. The smallest absolute Gasteiger partial charge is 0.262 e. The molecule has 0 aliphatic rings. The highest BCUT2D eigenvalue weighted by atomic mass is 35.5. The van der Waals surface area contributed by atoms with Crippen LogP contribution in [0.5, 0.6) is 5.75 Å². The summed E-state index contributed by atoms with van der Waals surface area (Å²) in [6.07, 6.45) is 0.958. The molecule has 0 fully saturated rings. The fourth-order valence-corrected chi connectivity index (χ4v) is 3.28. The second-order valence-electron chi connectivity index (χ2n) is 7.02. The van der Waals surface area contributed by atoms with Gasteiger partial charge >= 0.3 is 0 Å². The lowest BCUT2D eigenvalue weighted by atomic mass is 10.2. The predicted octanol–water partition coefficient (Wildman–Crippen LogP) is 6.04. The molecule has 30 heavy (non-hydrogen) atoms. The van der Waals surface area contributed by atoms with Crippen LogP contribution in [0.3, 0.4) is 0 Å². The van der Waals surface area contributed by atoms with Crippen molar-refractivity contribution in [3.8, 4) is 17.2 Å². The summed E-state index contributed by atoms with van der Waals surface area (Å²) in [6.45, 7) is 3.99. The highest BCUT2D eigenvalue weighted by Crippen LogP contribution is 2.32. The van der Waals surface area contributed by atoms with Crippen LogP contribution in [-0.2, 0) is 11.2 Å². The third-order valence-electron chi connectivity index (χ3n) is 4.73. The number of nitrogens with one attached hydrogen (secondary N) is 1. The number of aromatic nitrogens is 1. The number of anilines is 1. The zero-order valence-corrected chi connectivity index (χ0v) is 17.5. The van der Waals surface area contributed by atoms with Gasteiger partial charge in [-0.2, -0.15) is 0 Å². The summed E-state index contributed by atoms with van der Waals surface area (Å²) in [5.74, 6) is 0.793. The van der Waals surface area contributed by atoms with Crippen molar-refractivity contribution in [2.24, 2.45) is 0 Å². The van der Waals surface area contributed by atoms with E-state index in [-0.39, 0.29) is 12.5 Å². The van der Waals surface area contributed by atoms with Gasteiger partial charge in [0, 0.05) is 5.69 Å². The molecular formula is C24H21ClN2O3. The number of carbonyl (C=O) groups excluding carboxylic acids is 1. The van der Waals surface area contributed by atoms with Crippen LogP contribution in [0.15, 0.2) is 65.1 Å². The molecule has 0 spiro atoms. The van der Waals surface area contributed by atoms with E-state index < -0.39 is 0 Å². The SMILES string of the molecule is CCc1ccc(OCC(=O)Nc2ccc(Cl)c(-c3nc4ccc(C)cc4o3)c2)cc1. The van der Waals surface area contributed by atoms with Crippen LogP contribution in [0.1, 0.15) is 18.1 Å². The van der Waals surface area contributed by atoms with Crippen molar-refractivity contribution >= 4 is 34.3 Å². The maximum absolute atomic E-state index is 12.3. The average molecular weight is 421 g/mol. The molecule has 0 saturated heterocycles. The number of hydrogen-bond donors (Lipinski definition) is 1. The number of aryl methyl sites for hydroxylation is 2. The second kappa shape index (κ2) is 8.59. The second-order valence-corrected chi connectivity index (χ2v) is 7.43. The molecule has 0 aliphatic heterocycles. The number of oxazole rings is 1. The lowest BCUT2D eigenvalue weighted by Gasteiger charge is -2.09. The van der Waals surface area contributed by atoms with Gasteiger partial charge in [0.1, 0.15) is 11.3 Å². The minimum atomic E-state index is -0.268. The number of benzene rings is 3. The quantitative estimate of drug-likeness (QED) is 0.413. The Balaban J connectivity index is 1.47. The van der Waals surface area contributed by atoms with Gasteiger partial charge in [0.2, 0.25) is 5.89 Å². The van der Waals surface area contributed by atoms with Gasteiger partial charge in [-0.25, -0.2) is 4.98 Å². The van der Waals surface area contributed by atoms with E-state index in [2.05, 4.69) is 17.2 Å². The minimum Gasteiger partial charge on any atom is -0.484 e. The number of halogens is 1. The lowest BCUT2D eigenvalue weighted by molar-refractivity contribution is -0.118. The molecule has 5 nitrogen and oxygen atoms in total. The molecule has 0 radical (unpaired) electrons. The van der Waals surface area contributed by atoms with Crippen molar-refractivity contribution < 1.29 is 13.9 Å². The van der Waals surface area contributed by atoms with Crippen molar-refractivity contribution in [2.45, 2.75) is 20.3 Å². The number of nitrogens with zero attached hydrogens (tertiary/aromatic N) is 1. The van der Waals surface area contributed by atoms with E-state index >= 15 is 0 Å². The zero-order chi connectivity index (χ0) is 21.1. The van der Waals surface area contributed by atoms with Crippen molar-refractivity contribution in [1.29, 1.82) is 0 Å². The maximum atomic E-state index is 12.3. The van der Waals surface area contributed by atoms with E-state index in [4.69, 9.17) is 20.8 Å². The first-order valence-electron chi connectivity index (χ1n) is 9.70. The fraction of sp³-hybridized carbons (Fsp3) is 0.167. The van der Waals surface area contributed by atoms with E-state index in [9.17, 15) is 4.79 Å². The Kier molecular flexibility index (Phi) is 5.72. The molecule has 0 unspecified atom stereocenters. The molecule has 3 aromatic carbocycles. The Bertz CT molecular complexity index is 1200. The summed E-state index contributed by atoms with van der Waals surface area (Å²) in [5.41, 5.74) is 4.94. The summed E-state index contributed by atoms with van der Waals surface area (Å²) in [4.78, 5) is 16.8. The average Bonchev–Trinajstić information content (AvgIpc) is 3.17. The summed E-state index contributed by atoms with van der Waals surface area (Å²) in [5, 5.41) is 3.31. The predicted molar refractivity (Wildman–Crippen MR) is 119 cm³/mol. The van der Waals surface area contributed by atoms with Gasteiger partial charge in [0.05, 0.1) is 10.6 Å². The molecule has 6 heteroatoms. The van der Waals surface area contributed by atoms with Gasteiger partial charge in [-0.05, 0) is 66.9 Å². The van der Waals surface area contributed by atoms with Crippen LogP contribution in [0.4, 0.5) is 5.69 Å². The Morgan fingerprint density at radius 2 is 1.90 bits per heavy atom. The Labute approximate surface area is 179 Å². The van der Waals surface area contributed by atoms with Crippen LogP contribution in [0, 0.1) is 6.92 Å². The molecule has 4 rings (SSSR count). The van der Waals surface area contributed by atoms with E-state index in [1.165, 1.54) is 5.56 Å². The van der Waals surface area contributed by atoms with E-state index in [1.54, 1.807) is 18.2 Å². The van der Waals surface area contributed by atoms with Crippen LogP contribution >= 0.6 is 11.6 Å². The number of ether oxygens (including phenoxy) is 1. The van der Waals surface area contributed by atoms with Crippen molar-refractivity contribution in [1.82, 2.24) is 4.98 Å². The summed E-state index contributed by atoms with van der Waals surface area (Å²) < 4.78 is 11.4. The molecule has 0 aliphatic carbocycles. The molecule has 0 bridgehead atoms. The first-order chi connectivity index (χ1) is 14.5. The van der Waals surface area contributed by atoms with Gasteiger partial charge in [0.15, 0.2) is 12.2 Å². The third kappa shape index (κ3) is 4.47. The number of fused-ring (bicyclic) bond motifs is 1. The van der Waals surface area contributed by atoms with Crippen molar-refractivity contribution in [2.75, 3.05) is 11.9 Å². The molecule has 1 amide bonds. The number of rotatable bonds is 6. The van der Waals surface area contributed by atoms with Gasteiger partial charge in [-0.3, -0.25) is 4.79 Å². The Hall–Kier alpha value is -3.31. The van der Waals surface area contributed by atoms with Crippen molar-refractivity contribution in [3.63, 3.8) is 0 Å². The summed E-state index contributed by atoms with van der Waals surface area (Å²) in [6, 6.07) is 18.7. The van der Waals surface area contributed by atoms with Gasteiger partial charge in [-0.1, -0.05) is 36.7 Å². The minimum absolute atomic E-state index is 0.0917. The number of amides is 1. The zero-order valence-electron chi connectivity index (χ0n) is 16.7. The molecule has 0 atom stereocenters. The number of carbonyl (C=O) groups is 1. The fourth-order valence-electron chi connectivity index (χ4n) is 3.08. The summed E-state index contributed by atoms with van der Waals surface area (Å²) in [7, 11) is 0. The van der Waals surface area contributed by atoms with Crippen LogP contribution in [0.2, 0.25) is 5.02 Å². The highest BCUT2D eigenvalue weighted by molar-refractivity contribution is 6.33.